The van der Waals surface area contributed by atoms with Crippen LogP contribution in [0.4, 0.5) is 5.69 Å². The van der Waals surface area contributed by atoms with Crippen LogP contribution in [-0.4, -0.2) is 140 Å². The van der Waals surface area contributed by atoms with Gasteiger partial charge in [0.25, 0.3) is 0 Å². The second kappa shape index (κ2) is 33.3. The molecule has 11 N–H and O–H groups in total. The maximum absolute atomic E-state index is 13.1. The number of aliphatic carboxylic acids is 2. The number of aliphatic hydroxyl groups excluding tert-OH is 1. The minimum absolute atomic E-state index is 0.0143. The number of ether oxygens (including phenoxy) is 3. The summed E-state index contributed by atoms with van der Waals surface area (Å²) >= 11 is 5.72. The van der Waals surface area contributed by atoms with E-state index in [1.54, 1.807) is 12.1 Å². The fourth-order valence-corrected chi connectivity index (χ4v) is 13.4. The van der Waals surface area contributed by atoms with Crippen LogP contribution in [0.25, 0.3) is 0 Å². The number of halogens is 1. The van der Waals surface area contributed by atoms with Gasteiger partial charge in [-0.2, -0.15) is 4.72 Å². The van der Waals surface area contributed by atoms with Crippen molar-refractivity contribution in [1.82, 2.24) is 14.9 Å². The Bertz CT molecular complexity index is 3270. The number of aromatic carboxylic acids is 1. The number of sulfonamides is 2. The van der Waals surface area contributed by atoms with Crippen molar-refractivity contribution < 1.29 is 85.0 Å². The van der Waals surface area contributed by atoms with Crippen molar-refractivity contribution in [3.8, 4) is 5.75 Å². The largest absolute Gasteiger partial charge is 0.480 e. The molecule has 0 unspecified atom stereocenters. The number of carbonyl (C=O) groups is 7. The van der Waals surface area contributed by atoms with Gasteiger partial charge in [-0.25, -0.2) is 31.6 Å². The third-order valence-electron chi connectivity index (χ3n) is 16.2. The van der Waals surface area contributed by atoms with Crippen molar-refractivity contribution in [1.29, 1.82) is 0 Å². The first-order valence-electron chi connectivity index (χ1n) is 29.7. The first-order chi connectivity index (χ1) is 41.9. The number of carboxylic acid groups (broad SMARTS) is 3. The quantitative estimate of drug-likeness (QED) is 0.0301. The zero-order chi connectivity index (χ0) is 66.0. The van der Waals surface area contributed by atoms with Crippen molar-refractivity contribution in [2.45, 2.75) is 171 Å². The summed E-state index contributed by atoms with van der Waals surface area (Å²) in [5.74, 6) is -3.17. The molecule has 8 rings (SSSR count). The predicted octanol–water partition coefficient (Wildman–Crippen LogP) is 6.78. The lowest BCUT2D eigenvalue weighted by molar-refractivity contribution is -0.166. The molecule has 3 aliphatic heterocycles. The molecule has 3 aromatic carbocycles. The number of anilines is 1. The second-order valence-corrected chi connectivity index (χ2v) is 27.1. The topological polar surface area (TPSA) is 388 Å². The van der Waals surface area contributed by atoms with E-state index in [-0.39, 0.29) is 76.0 Å². The number of carboxylic acids is 3. The van der Waals surface area contributed by atoms with Crippen LogP contribution in [0.5, 0.6) is 5.75 Å². The molecule has 0 saturated carbocycles. The van der Waals surface area contributed by atoms with Crippen LogP contribution in [0.3, 0.4) is 0 Å². The molecular weight excluding hydrogens is 1220 g/mol. The number of primary sulfonamides is 1. The molecule has 1 amide bonds. The van der Waals surface area contributed by atoms with Gasteiger partial charge in [0.2, 0.25) is 26.0 Å². The maximum atomic E-state index is 13.1. The lowest BCUT2D eigenvalue weighted by Crippen LogP contribution is -2.54. The number of unbranched alkanes of at least 4 members (excludes halogenated alkanes) is 1. The number of carbonyl (C=O) groups excluding carboxylic acids is 4. The number of aliphatic hydroxyl groups is 1. The lowest BCUT2D eigenvalue weighted by atomic mass is 9.65. The molecule has 2 fully saturated rings. The number of hydrogen-bond acceptors (Lipinski definition) is 18. The zero-order valence-electron chi connectivity index (χ0n) is 51.0. The number of aryl methyl sites for hydroxylation is 1. The molecule has 3 aromatic rings. The zero-order valence-corrected chi connectivity index (χ0v) is 53.4. The highest BCUT2D eigenvalue weighted by molar-refractivity contribution is 7.90. The number of fused-ring (bicyclic) bond motifs is 2. The molecule has 0 spiro atoms. The number of cyclic esters (lactones) is 1. The number of allylic oxidation sites excluding steroid dienone is 3. The summed E-state index contributed by atoms with van der Waals surface area (Å²) in [5.41, 5.74) is 7.58. The van der Waals surface area contributed by atoms with Crippen molar-refractivity contribution >= 4 is 79.1 Å². The Labute approximate surface area is 525 Å². The number of rotatable bonds is 21. The van der Waals surface area contributed by atoms with E-state index >= 15 is 0 Å². The highest BCUT2D eigenvalue weighted by Crippen LogP contribution is 2.46. The smallest absolute Gasteiger partial charge is 0.339 e. The average molecular weight is 1300 g/mol. The summed E-state index contributed by atoms with van der Waals surface area (Å²) in [4.78, 5) is 82.8. The third-order valence-corrected chi connectivity index (χ3v) is 19.0. The van der Waals surface area contributed by atoms with Gasteiger partial charge in [0.15, 0.2) is 0 Å². The summed E-state index contributed by atoms with van der Waals surface area (Å²) in [5, 5.41) is 48.2. The number of nitrogens with two attached hydrogens (primary N) is 2. The van der Waals surface area contributed by atoms with Crippen LogP contribution in [0.1, 0.15) is 135 Å². The van der Waals surface area contributed by atoms with Gasteiger partial charge < -0.3 is 50.6 Å². The van der Waals surface area contributed by atoms with Crippen molar-refractivity contribution in [2.24, 2.45) is 40.0 Å². The van der Waals surface area contributed by atoms with E-state index in [9.17, 15) is 65.7 Å². The van der Waals surface area contributed by atoms with Crippen LogP contribution in [0, 0.1) is 29.1 Å². The van der Waals surface area contributed by atoms with Gasteiger partial charge in [-0.1, -0.05) is 99.5 Å². The number of para-hydroxylation sites is 1. The molecule has 24 nitrogen and oxygen atoms in total. The Kier molecular flexibility index (Phi) is 27.3. The van der Waals surface area contributed by atoms with E-state index < -0.39 is 78.5 Å². The fourth-order valence-electron chi connectivity index (χ4n) is 11.1. The Morgan fingerprint density at radius 3 is 2.26 bits per heavy atom. The molecule has 0 bridgehead atoms. The number of amides is 1. The van der Waals surface area contributed by atoms with Crippen molar-refractivity contribution in [3.05, 3.63) is 107 Å². The SMILES string of the molecule is CC(=O)Oc1ccccc1C(=O)O.CCC(C)(C)C(=O)O[C@H]1C[C@@H](C)C=C2C=C[C@H](C)[C@H](CC[C@@H]3C[C@@H](O)CC(=O)O3)[C@H]21.NCCCC[C@H](N[C@@H](CCc1ccccc1)C(=O)O)C(=O)N1CCC[C@H]1C(=O)O.NS(=O)(=O)c1cc2c(cc1Cl)NCNS2(=O)=O. The van der Waals surface area contributed by atoms with Crippen LogP contribution < -0.4 is 31.0 Å². The summed E-state index contributed by atoms with van der Waals surface area (Å²) in [7, 11) is -7.80. The number of nitrogens with zero attached hydrogens (tertiary/aromatic N) is 1. The van der Waals surface area contributed by atoms with Gasteiger partial charge in [0.05, 0.1) is 41.4 Å². The van der Waals surface area contributed by atoms with E-state index in [0.717, 1.165) is 43.7 Å². The van der Waals surface area contributed by atoms with Gasteiger partial charge in [0.1, 0.15) is 45.4 Å². The Balaban J connectivity index is 0.000000227. The molecule has 27 heteroatoms. The molecule has 10 atom stereocenters. The first kappa shape index (κ1) is 73.0. The highest BCUT2D eigenvalue weighted by Gasteiger charge is 2.44. The molecule has 3 heterocycles. The molecule has 5 aliphatic rings. The van der Waals surface area contributed by atoms with Crippen LogP contribution in [0.15, 0.2) is 100 Å². The third kappa shape index (κ3) is 21.4. The average Bonchev–Trinajstić information content (AvgIpc) is 1.50. The summed E-state index contributed by atoms with van der Waals surface area (Å²) in [6.45, 7) is 12.4. The number of esters is 3. The van der Waals surface area contributed by atoms with Gasteiger partial charge >= 0.3 is 35.8 Å². The van der Waals surface area contributed by atoms with Crippen LogP contribution in [-0.2, 0) is 64.7 Å². The second-order valence-electron chi connectivity index (χ2n) is 23.4. The van der Waals surface area contributed by atoms with Crippen molar-refractivity contribution in [2.75, 3.05) is 25.1 Å². The molecule has 0 aromatic heterocycles. The molecule has 490 valence electrons. The lowest BCUT2D eigenvalue weighted by Gasteiger charge is -2.44. The van der Waals surface area contributed by atoms with E-state index in [1.807, 2.05) is 51.1 Å². The minimum Gasteiger partial charge on any atom is -0.480 e. The van der Waals surface area contributed by atoms with E-state index in [4.69, 9.17) is 37.1 Å². The van der Waals surface area contributed by atoms with E-state index in [1.165, 1.54) is 35.6 Å². The fraction of sp³-hybridized carbons (Fsp3) is 0.532. The maximum Gasteiger partial charge on any atom is 0.339 e. The number of benzene rings is 3. The Hall–Kier alpha value is -6.78. The summed E-state index contributed by atoms with van der Waals surface area (Å²) in [6, 6.07) is 15.2. The summed E-state index contributed by atoms with van der Waals surface area (Å²) in [6.07, 6.45) is 13.4. The van der Waals surface area contributed by atoms with Gasteiger partial charge in [-0.3, -0.25) is 29.3 Å². The first-order valence-corrected chi connectivity index (χ1v) is 33.1. The standard InChI is InChI=1S/C25H38O5.C21H31N3O5.C9H8O4.C7H8ClN3O4S2/c1-6-25(4,5)24(28)30-21-12-15(2)11-17-8-7-16(3)20(23(17)21)10-9-19-13-18(26)14-22(27)29-19;22-13-5-4-9-16(19(25)24-14-6-10-18(24)21(28)29)23-17(20(26)27)12-11-15-7-2-1-3-8-15;1-6(10)13-8-5-3-2-4-7(8)9(11)12;8-4-1-5-7(2-6(4)16(9,12)13)17(14,15)11-3-10-5/h7-8,11,15-16,18-21,23,26H,6,9-10,12-14H2,1-5H3;1-3,7-8,16-18,23H,4-6,9-14,22H2,(H,26,27)(H,28,29);2-5H,1H3,(H,11,12);1-2,10-11H,3H2,(H2,9,12,13)/t15-,16-,18+,19+,20-,21-,23-;16-,17-,18-;;/m00../s1. The molecule has 89 heavy (non-hydrogen) atoms. The molecule has 0 radical (unpaired) electrons. The van der Waals surface area contributed by atoms with Gasteiger partial charge in [-0.15, -0.1) is 0 Å². The van der Waals surface area contributed by atoms with Crippen LogP contribution in [0.2, 0.25) is 5.02 Å². The monoisotopic (exact) mass is 1300 g/mol. The van der Waals surface area contributed by atoms with Gasteiger partial charge in [0, 0.05) is 25.8 Å². The molecule has 2 saturated heterocycles. The van der Waals surface area contributed by atoms with E-state index in [2.05, 4.69) is 52.2 Å². The number of likely N-dealkylation sites (tertiary alicyclic amines) is 1. The number of nitrogens with one attached hydrogen (secondary N) is 3. The highest BCUT2D eigenvalue weighted by atomic mass is 35.5. The summed E-state index contributed by atoms with van der Waals surface area (Å²) < 4.78 is 64.2. The number of hydrogen-bond donors (Lipinski definition) is 9. The van der Waals surface area contributed by atoms with E-state index in [0.29, 0.717) is 75.8 Å². The normalized spacial score (nSPS) is 23.1. The Morgan fingerprint density at radius 1 is 0.955 bits per heavy atom. The van der Waals surface area contributed by atoms with Gasteiger partial charge in [-0.05, 0) is 138 Å². The predicted molar refractivity (Wildman–Crippen MR) is 330 cm³/mol. The van der Waals surface area contributed by atoms with Crippen molar-refractivity contribution in [3.63, 3.8) is 0 Å². The van der Waals surface area contributed by atoms with Crippen LogP contribution >= 0.6 is 11.6 Å². The molecule has 2 aliphatic carbocycles. The minimum atomic E-state index is -4.07. The molecular formula is C62H85ClN6O18S2. The Morgan fingerprint density at radius 2 is 1.64 bits per heavy atom.